The molecule has 7 nitrogen and oxygen atoms in total. The van der Waals surface area contributed by atoms with Gasteiger partial charge in [0, 0.05) is 24.8 Å². The Hall–Kier alpha value is -2.67. The minimum atomic E-state index is 0.172. The highest BCUT2D eigenvalue weighted by atomic mass is 35.5. The second kappa shape index (κ2) is 7.92. The fourth-order valence-electron chi connectivity index (χ4n) is 3.18. The lowest BCUT2D eigenvalue weighted by molar-refractivity contribution is 0.130. The molecule has 0 amide bonds. The summed E-state index contributed by atoms with van der Waals surface area (Å²) in [6.07, 6.45) is 5.44. The second-order valence-corrected chi connectivity index (χ2v) is 6.92. The van der Waals surface area contributed by atoms with Crippen molar-refractivity contribution >= 4 is 23.3 Å². The van der Waals surface area contributed by atoms with Gasteiger partial charge in [0.05, 0.1) is 5.02 Å². The maximum atomic E-state index is 6.16. The van der Waals surface area contributed by atoms with Gasteiger partial charge in [-0.3, -0.25) is 0 Å². The van der Waals surface area contributed by atoms with Crippen molar-refractivity contribution in [3.05, 3.63) is 46.6 Å². The quantitative estimate of drug-likeness (QED) is 0.481. The number of nitrogens with zero attached hydrogens (tertiary/aromatic N) is 3. The van der Waals surface area contributed by atoms with Gasteiger partial charge in [0.15, 0.2) is 17.3 Å². The Morgan fingerprint density at radius 2 is 2.07 bits per heavy atom. The van der Waals surface area contributed by atoms with Gasteiger partial charge in [0.1, 0.15) is 12.4 Å². The molecular weight excluding hydrogens is 368 g/mol. The van der Waals surface area contributed by atoms with Crippen LogP contribution in [0.15, 0.2) is 35.6 Å². The monoisotopic (exact) mass is 388 g/mol. The minimum absolute atomic E-state index is 0.172. The zero-order valence-corrected chi connectivity index (χ0v) is 15.6. The number of ether oxygens (including phenoxy) is 2. The van der Waals surface area contributed by atoms with Crippen LogP contribution in [0.25, 0.3) is 0 Å². The van der Waals surface area contributed by atoms with Crippen molar-refractivity contribution in [1.82, 2.24) is 4.98 Å². The van der Waals surface area contributed by atoms with Gasteiger partial charge < -0.3 is 24.9 Å². The van der Waals surface area contributed by atoms with Gasteiger partial charge in [-0.15, -0.1) is 0 Å². The number of hydrogen-bond acceptors (Lipinski definition) is 6. The van der Waals surface area contributed by atoms with Crippen LogP contribution in [0, 0.1) is 0 Å². The van der Waals surface area contributed by atoms with Crippen LogP contribution in [-0.2, 0) is 11.4 Å². The summed E-state index contributed by atoms with van der Waals surface area (Å²) in [5.74, 6) is 2.42. The summed E-state index contributed by atoms with van der Waals surface area (Å²) in [6, 6.07) is 7.46. The molecule has 2 aromatic rings. The largest absolute Gasteiger partial charge is 0.454 e. The Morgan fingerprint density at radius 3 is 2.85 bits per heavy atom. The van der Waals surface area contributed by atoms with Crippen LogP contribution in [0.5, 0.6) is 11.5 Å². The summed E-state index contributed by atoms with van der Waals surface area (Å²) in [5, 5.41) is 4.47. The van der Waals surface area contributed by atoms with E-state index in [1.807, 2.05) is 18.2 Å². The van der Waals surface area contributed by atoms with E-state index in [-0.39, 0.29) is 19.2 Å². The lowest BCUT2D eigenvalue weighted by atomic mass is 10.1. The lowest BCUT2D eigenvalue weighted by Crippen LogP contribution is -2.30. The van der Waals surface area contributed by atoms with Crippen LogP contribution in [0.1, 0.15) is 30.4 Å². The molecule has 0 radical (unpaired) electrons. The number of anilines is 1. The molecule has 0 bridgehead atoms. The fraction of sp³-hybridized carbons (Fsp3) is 0.368. The molecule has 142 valence electrons. The van der Waals surface area contributed by atoms with E-state index in [1.165, 1.54) is 19.3 Å². The molecule has 1 saturated heterocycles. The van der Waals surface area contributed by atoms with E-state index in [9.17, 15) is 0 Å². The molecule has 2 aliphatic rings. The van der Waals surface area contributed by atoms with E-state index in [2.05, 4.69) is 15.0 Å². The smallest absolute Gasteiger partial charge is 0.231 e. The molecule has 1 aromatic carbocycles. The number of benzene rings is 1. The van der Waals surface area contributed by atoms with E-state index in [0.29, 0.717) is 16.5 Å². The number of pyridine rings is 1. The van der Waals surface area contributed by atoms with Gasteiger partial charge in [0.25, 0.3) is 0 Å². The zero-order valence-electron chi connectivity index (χ0n) is 14.9. The first-order chi connectivity index (χ1) is 13.2. The number of fused-ring (bicyclic) bond motifs is 1. The Morgan fingerprint density at radius 1 is 1.22 bits per heavy atom. The SMILES string of the molecule is NC(=NOCc1cc(Cl)c2c(c1)OCO2)c1ccc(N2CCCCC2)nc1. The van der Waals surface area contributed by atoms with Gasteiger partial charge in [-0.25, -0.2) is 4.98 Å². The zero-order chi connectivity index (χ0) is 18.6. The molecule has 1 fully saturated rings. The lowest BCUT2D eigenvalue weighted by Gasteiger charge is -2.27. The molecule has 0 aliphatic carbocycles. The first-order valence-corrected chi connectivity index (χ1v) is 9.33. The molecule has 0 spiro atoms. The van der Waals surface area contributed by atoms with Gasteiger partial charge in [0.2, 0.25) is 6.79 Å². The summed E-state index contributed by atoms with van der Waals surface area (Å²) in [6.45, 7) is 2.50. The summed E-state index contributed by atoms with van der Waals surface area (Å²) in [7, 11) is 0. The molecule has 1 aromatic heterocycles. The molecule has 3 heterocycles. The third-order valence-electron chi connectivity index (χ3n) is 4.60. The summed E-state index contributed by atoms with van der Waals surface area (Å²) in [5.41, 5.74) is 7.55. The van der Waals surface area contributed by atoms with Gasteiger partial charge in [-0.05, 0) is 49.1 Å². The molecule has 2 N–H and O–H groups in total. The van der Waals surface area contributed by atoms with Crippen LogP contribution >= 0.6 is 11.6 Å². The van der Waals surface area contributed by atoms with E-state index >= 15 is 0 Å². The molecule has 0 unspecified atom stereocenters. The predicted molar refractivity (Wildman–Crippen MR) is 103 cm³/mol. The van der Waals surface area contributed by atoms with Crippen molar-refractivity contribution in [1.29, 1.82) is 0 Å². The van der Waals surface area contributed by atoms with E-state index in [0.717, 1.165) is 30.0 Å². The molecule has 4 rings (SSSR count). The van der Waals surface area contributed by atoms with E-state index in [1.54, 1.807) is 12.3 Å². The van der Waals surface area contributed by atoms with Gasteiger partial charge >= 0.3 is 0 Å². The summed E-state index contributed by atoms with van der Waals surface area (Å²) in [4.78, 5) is 12.2. The predicted octanol–water partition coefficient (Wildman–Crippen LogP) is 3.29. The summed E-state index contributed by atoms with van der Waals surface area (Å²) >= 11 is 6.16. The Labute approximate surface area is 162 Å². The number of rotatable bonds is 5. The molecule has 0 atom stereocenters. The average molecular weight is 389 g/mol. The summed E-state index contributed by atoms with van der Waals surface area (Å²) < 4.78 is 10.6. The Balaban J connectivity index is 1.37. The van der Waals surface area contributed by atoms with Gasteiger partial charge in [-0.2, -0.15) is 0 Å². The third-order valence-corrected chi connectivity index (χ3v) is 4.89. The number of piperidine rings is 1. The van der Waals surface area contributed by atoms with E-state index in [4.69, 9.17) is 31.6 Å². The topological polar surface area (TPSA) is 82.2 Å². The number of oxime groups is 1. The molecule has 2 aliphatic heterocycles. The Bertz CT molecular complexity index is 836. The molecule has 27 heavy (non-hydrogen) atoms. The van der Waals surface area contributed by atoms with Crippen molar-refractivity contribution in [3.63, 3.8) is 0 Å². The van der Waals surface area contributed by atoms with E-state index < -0.39 is 0 Å². The van der Waals surface area contributed by atoms with Crippen molar-refractivity contribution in [2.75, 3.05) is 24.8 Å². The minimum Gasteiger partial charge on any atom is -0.454 e. The van der Waals surface area contributed by atoms with Crippen molar-refractivity contribution < 1.29 is 14.3 Å². The standard InChI is InChI=1S/C19H21ClN4O3/c20-15-8-13(9-16-18(15)26-12-25-16)11-27-23-19(21)14-4-5-17(22-10-14)24-6-2-1-3-7-24/h4-5,8-10H,1-3,6-7,11-12H2,(H2,21,23). The third kappa shape index (κ3) is 4.03. The van der Waals surface area contributed by atoms with Crippen LogP contribution in [0.2, 0.25) is 5.02 Å². The van der Waals surface area contributed by atoms with Crippen molar-refractivity contribution in [3.8, 4) is 11.5 Å². The second-order valence-electron chi connectivity index (χ2n) is 6.51. The van der Waals surface area contributed by atoms with Crippen LogP contribution in [-0.4, -0.2) is 30.7 Å². The van der Waals surface area contributed by atoms with Gasteiger partial charge in [-0.1, -0.05) is 16.8 Å². The van der Waals surface area contributed by atoms with Crippen LogP contribution < -0.4 is 20.1 Å². The highest BCUT2D eigenvalue weighted by molar-refractivity contribution is 6.32. The maximum Gasteiger partial charge on any atom is 0.231 e. The molecule has 8 heteroatoms. The Kier molecular flexibility index (Phi) is 5.20. The van der Waals surface area contributed by atoms with Crippen LogP contribution in [0.3, 0.4) is 0 Å². The number of amidine groups is 1. The average Bonchev–Trinajstić information content (AvgIpc) is 3.18. The normalized spacial score (nSPS) is 16.5. The molecule has 0 saturated carbocycles. The van der Waals surface area contributed by atoms with Crippen LogP contribution in [0.4, 0.5) is 5.82 Å². The number of aromatic nitrogens is 1. The highest BCUT2D eigenvalue weighted by Crippen LogP contribution is 2.39. The first kappa shape index (κ1) is 17.7. The number of hydrogen-bond donors (Lipinski definition) is 1. The maximum absolute atomic E-state index is 6.16. The number of nitrogens with two attached hydrogens (primary N) is 1. The van der Waals surface area contributed by atoms with Crippen molar-refractivity contribution in [2.45, 2.75) is 25.9 Å². The first-order valence-electron chi connectivity index (χ1n) is 8.95. The van der Waals surface area contributed by atoms with Crippen molar-refractivity contribution in [2.24, 2.45) is 10.9 Å². The fourth-order valence-corrected chi connectivity index (χ4v) is 3.47. The highest BCUT2D eigenvalue weighted by Gasteiger charge is 2.18. The molecular formula is C19H21ClN4O3. The number of halogens is 1.